The fourth-order valence-corrected chi connectivity index (χ4v) is 2.08. The highest BCUT2D eigenvalue weighted by atomic mass is 32.1. The molecule has 2 rings (SSSR count). The van der Waals surface area contributed by atoms with Crippen LogP contribution < -0.4 is 5.32 Å². The summed E-state index contributed by atoms with van der Waals surface area (Å²) in [4.78, 5) is 0. The summed E-state index contributed by atoms with van der Waals surface area (Å²) >= 11 is 0. The summed E-state index contributed by atoms with van der Waals surface area (Å²) < 4.78 is 0. The zero-order valence-corrected chi connectivity index (χ0v) is 7.77. The van der Waals surface area contributed by atoms with Crippen molar-refractivity contribution in [2.24, 2.45) is 0 Å². The molecule has 2 fully saturated rings. The van der Waals surface area contributed by atoms with Crippen molar-refractivity contribution in [1.82, 2.24) is 5.32 Å². The Morgan fingerprint density at radius 3 is 2.18 bits per heavy atom. The zero-order chi connectivity index (χ0) is 7.03. The van der Waals surface area contributed by atoms with E-state index in [-0.39, 0.29) is 19.1 Å². The van der Waals surface area contributed by atoms with Gasteiger partial charge in [-0.05, 0) is 25.8 Å². The number of rotatable bonds is 1. The third kappa shape index (κ3) is 1.55. The Morgan fingerprint density at radius 1 is 1.27 bits per heavy atom. The molecule has 2 N–H and O–H groups in total. The van der Waals surface area contributed by atoms with Gasteiger partial charge in [-0.3, -0.25) is 0 Å². The van der Waals surface area contributed by atoms with Crippen molar-refractivity contribution in [1.29, 1.82) is 0 Å². The first-order valence-electron chi connectivity index (χ1n) is 4.27. The van der Waals surface area contributed by atoms with Gasteiger partial charge in [0.05, 0.1) is 5.60 Å². The van der Waals surface area contributed by atoms with Crippen molar-refractivity contribution < 1.29 is 5.11 Å². The lowest BCUT2D eigenvalue weighted by molar-refractivity contribution is -0.0147. The van der Waals surface area contributed by atoms with Gasteiger partial charge in [0.1, 0.15) is 0 Å². The Morgan fingerprint density at radius 2 is 1.82 bits per heavy atom. The Bertz CT molecular complexity index is 130. The summed E-state index contributed by atoms with van der Waals surface area (Å²) in [7, 11) is 0. The van der Waals surface area contributed by atoms with Crippen molar-refractivity contribution in [3.63, 3.8) is 0 Å². The van der Waals surface area contributed by atoms with Crippen LogP contribution in [0.3, 0.4) is 0 Å². The number of hydrogen-bond acceptors (Lipinski definition) is 2. The van der Waals surface area contributed by atoms with E-state index in [9.17, 15) is 5.11 Å². The summed E-state index contributed by atoms with van der Waals surface area (Å²) in [6, 6.07) is 0.426. The molecule has 1 atom stereocenters. The van der Waals surface area contributed by atoms with Crippen molar-refractivity contribution >= 4 is 13.5 Å². The fraction of sp³-hybridized carbons (Fsp3) is 1.00. The van der Waals surface area contributed by atoms with Gasteiger partial charge in [-0.25, -0.2) is 0 Å². The van der Waals surface area contributed by atoms with Gasteiger partial charge in [0.2, 0.25) is 0 Å². The van der Waals surface area contributed by atoms with Crippen LogP contribution in [-0.2, 0) is 0 Å². The molecule has 0 unspecified atom stereocenters. The van der Waals surface area contributed by atoms with Gasteiger partial charge in [-0.15, -0.1) is 0 Å². The molecule has 3 heteroatoms. The van der Waals surface area contributed by atoms with E-state index in [1.54, 1.807) is 0 Å². The quantitative estimate of drug-likeness (QED) is 0.617. The summed E-state index contributed by atoms with van der Waals surface area (Å²) in [6.45, 7) is 1.10. The van der Waals surface area contributed by atoms with Gasteiger partial charge in [-0.1, -0.05) is 12.8 Å². The van der Waals surface area contributed by atoms with Crippen molar-refractivity contribution in [2.45, 2.75) is 43.7 Å². The number of hydrogen-bond donors (Lipinski definition) is 2. The Hall–Kier alpha value is 0.270. The van der Waals surface area contributed by atoms with Gasteiger partial charge >= 0.3 is 0 Å². The predicted molar refractivity (Wildman–Crippen MR) is 50.2 cm³/mol. The summed E-state index contributed by atoms with van der Waals surface area (Å²) in [6.07, 6.45) is 5.65. The van der Waals surface area contributed by atoms with E-state index >= 15 is 0 Å². The topological polar surface area (TPSA) is 32.3 Å². The van der Waals surface area contributed by atoms with Crippen LogP contribution >= 0.6 is 13.5 Å². The van der Waals surface area contributed by atoms with Crippen molar-refractivity contribution in [3.8, 4) is 0 Å². The predicted octanol–water partition coefficient (Wildman–Crippen LogP) is 0.766. The van der Waals surface area contributed by atoms with Gasteiger partial charge < -0.3 is 10.4 Å². The monoisotopic (exact) mass is 175 g/mol. The first kappa shape index (κ1) is 9.36. The second-order valence-electron chi connectivity index (χ2n) is 3.61. The zero-order valence-electron chi connectivity index (χ0n) is 6.77. The van der Waals surface area contributed by atoms with E-state index in [2.05, 4.69) is 5.32 Å². The summed E-state index contributed by atoms with van der Waals surface area (Å²) in [5.74, 6) is 0. The molecule has 1 aliphatic carbocycles. The maximum Gasteiger partial charge on any atom is 0.0800 e. The molecule has 66 valence electrons. The summed E-state index contributed by atoms with van der Waals surface area (Å²) in [5, 5.41) is 13.2. The van der Waals surface area contributed by atoms with Gasteiger partial charge in [0, 0.05) is 6.04 Å². The molecule has 2 aliphatic rings. The van der Waals surface area contributed by atoms with Gasteiger partial charge in [0.25, 0.3) is 0 Å². The number of aliphatic hydroxyl groups is 1. The molecule has 1 aliphatic heterocycles. The highest BCUT2D eigenvalue weighted by Crippen LogP contribution is 2.35. The average molecular weight is 175 g/mol. The molecule has 0 aromatic rings. The lowest BCUT2D eigenvalue weighted by atomic mass is 9.86. The first-order chi connectivity index (χ1) is 4.81. The molecule has 0 aromatic carbocycles. The standard InChI is InChI=1S/C8H15NO.H2S/c10-8(4-1-2-5-8)7-3-6-9-7;/h7,9-10H,1-6H2;1H2/t7-;/m0./s1. The smallest absolute Gasteiger partial charge is 0.0800 e. The third-order valence-corrected chi connectivity index (χ3v) is 2.94. The van der Waals surface area contributed by atoms with Crippen LogP contribution in [0.15, 0.2) is 0 Å². The molecule has 0 spiro atoms. The molecule has 0 amide bonds. The minimum atomic E-state index is -0.321. The molecule has 0 radical (unpaired) electrons. The number of nitrogens with one attached hydrogen (secondary N) is 1. The minimum absolute atomic E-state index is 0. The van der Waals surface area contributed by atoms with Crippen LogP contribution in [0.25, 0.3) is 0 Å². The molecule has 1 saturated carbocycles. The highest BCUT2D eigenvalue weighted by Gasteiger charge is 2.41. The molecule has 11 heavy (non-hydrogen) atoms. The van der Waals surface area contributed by atoms with Crippen molar-refractivity contribution in [3.05, 3.63) is 0 Å². The van der Waals surface area contributed by atoms with E-state index in [0.29, 0.717) is 6.04 Å². The Labute approximate surface area is 74.8 Å². The first-order valence-corrected chi connectivity index (χ1v) is 4.27. The summed E-state index contributed by atoms with van der Waals surface area (Å²) in [5.41, 5.74) is -0.321. The maximum absolute atomic E-state index is 9.95. The van der Waals surface area contributed by atoms with Crippen LogP contribution in [0.2, 0.25) is 0 Å². The maximum atomic E-state index is 9.95. The second kappa shape index (κ2) is 3.33. The fourth-order valence-electron chi connectivity index (χ4n) is 2.08. The highest BCUT2D eigenvalue weighted by molar-refractivity contribution is 7.59. The van der Waals surface area contributed by atoms with Crippen LogP contribution in [0, 0.1) is 0 Å². The SMILES string of the molecule is OC1([C@@H]2CCN2)CCCC1.S. The largest absolute Gasteiger partial charge is 0.388 e. The molecule has 1 heterocycles. The van der Waals surface area contributed by atoms with E-state index in [1.807, 2.05) is 0 Å². The van der Waals surface area contributed by atoms with Crippen molar-refractivity contribution in [2.75, 3.05) is 6.54 Å². The molecule has 1 saturated heterocycles. The Balaban J connectivity index is 0.000000605. The molecular weight excluding hydrogens is 158 g/mol. The van der Waals surface area contributed by atoms with Crippen LogP contribution in [0.1, 0.15) is 32.1 Å². The van der Waals surface area contributed by atoms with Crippen LogP contribution in [0.5, 0.6) is 0 Å². The molecular formula is C8H17NOS. The second-order valence-corrected chi connectivity index (χ2v) is 3.61. The van der Waals surface area contributed by atoms with Crippen LogP contribution in [0.4, 0.5) is 0 Å². The normalized spacial score (nSPS) is 34.1. The van der Waals surface area contributed by atoms with E-state index in [4.69, 9.17) is 0 Å². The lowest BCUT2D eigenvalue weighted by Crippen LogP contribution is -2.57. The van der Waals surface area contributed by atoms with E-state index in [1.165, 1.54) is 19.3 Å². The van der Waals surface area contributed by atoms with E-state index < -0.39 is 0 Å². The van der Waals surface area contributed by atoms with Crippen LogP contribution in [-0.4, -0.2) is 23.3 Å². The third-order valence-electron chi connectivity index (χ3n) is 2.94. The average Bonchev–Trinajstić information content (AvgIpc) is 2.09. The lowest BCUT2D eigenvalue weighted by Gasteiger charge is -2.39. The van der Waals surface area contributed by atoms with E-state index in [0.717, 1.165) is 19.4 Å². The van der Waals surface area contributed by atoms with Gasteiger partial charge in [0.15, 0.2) is 0 Å². The molecule has 0 bridgehead atoms. The minimum Gasteiger partial charge on any atom is -0.388 e. The Kier molecular flexibility index (Phi) is 2.84. The molecule has 2 nitrogen and oxygen atoms in total. The molecule has 0 aromatic heterocycles. The van der Waals surface area contributed by atoms with Gasteiger partial charge in [-0.2, -0.15) is 13.5 Å².